The Labute approximate surface area is 182 Å². The van der Waals surface area contributed by atoms with E-state index in [9.17, 15) is 10.2 Å². The van der Waals surface area contributed by atoms with Crippen molar-refractivity contribution in [1.29, 1.82) is 0 Å². The van der Waals surface area contributed by atoms with Crippen molar-refractivity contribution >= 4 is 11.4 Å². The van der Waals surface area contributed by atoms with Crippen molar-refractivity contribution in [2.45, 2.75) is 27.7 Å². The molecule has 0 spiro atoms. The molecule has 6 nitrogen and oxygen atoms in total. The first-order chi connectivity index (χ1) is 14.7. The second-order valence-corrected chi connectivity index (χ2v) is 7.61. The number of hydrogen-bond donors (Lipinski definition) is 4. The normalized spacial score (nSPS) is 10.5. The van der Waals surface area contributed by atoms with Gasteiger partial charge in [0.2, 0.25) is 0 Å². The highest BCUT2D eigenvalue weighted by Crippen LogP contribution is 2.35. The van der Waals surface area contributed by atoms with Gasteiger partial charge < -0.3 is 21.7 Å². The molecule has 0 saturated heterocycles. The van der Waals surface area contributed by atoms with Gasteiger partial charge >= 0.3 is 0 Å². The lowest BCUT2D eigenvalue weighted by atomic mass is 10.0. The van der Waals surface area contributed by atoms with Crippen LogP contribution in [0.5, 0.6) is 11.5 Å². The van der Waals surface area contributed by atoms with Crippen LogP contribution in [0.15, 0.2) is 60.8 Å². The molecule has 0 atom stereocenters. The molecule has 0 aliphatic heterocycles. The topological polar surface area (TPSA) is 110 Å². The van der Waals surface area contributed by atoms with Crippen LogP contribution in [0, 0.1) is 27.7 Å². The molecule has 4 aromatic rings. The van der Waals surface area contributed by atoms with E-state index < -0.39 is 0 Å². The Hall–Kier alpha value is -3.93. The van der Waals surface area contributed by atoms with E-state index >= 15 is 0 Å². The third-order valence-corrected chi connectivity index (χ3v) is 5.18. The van der Waals surface area contributed by atoms with Crippen LogP contribution in [0.2, 0.25) is 0 Å². The third-order valence-electron chi connectivity index (χ3n) is 5.18. The molecule has 0 radical (unpaired) electrons. The molecule has 0 aliphatic rings. The van der Waals surface area contributed by atoms with Crippen molar-refractivity contribution in [2.75, 3.05) is 11.5 Å². The molecule has 0 fully saturated rings. The van der Waals surface area contributed by atoms with E-state index in [0.29, 0.717) is 22.7 Å². The van der Waals surface area contributed by atoms with Crippen LogP contribution in [-0.4, -0.2) is 20.0 Å². The van der Waals surface area contributed by atoms with Crippen LogP contribution < -0.4 is 11.5 Å². The summed E-state index contributed by atoms with van der Waals surface area (Å²) >= 11 is 0. The Morgan fingerprint density at radius 2 is 1.35 bits per heavy atom. The fourth-order valence-electron chi connectivity index (χ4n) is 3.38. The van der Waals surface area contributed by atoms with Crippen LogP contribution in [0.25, 0.3) is 16.9 Å². The van der Waals surface area contributed by atoms with E-state index in [4.69, 9.17) is 11.5 Å². The second-order valence-electron chi connectivity index (χ2n) is 7.61. The lowest BCUT2D eigenvalue weighted by Crippen LogP contribution is -1.98. The highest BCUT2D eigenvalue weighted by molar-refractivity contribution is 5.79. The number of nitrogen functional groups attached to an aromatic ring is 2. The lowest BCUT2D eigenvalue weighted by molar-refractivity contribution is 0.467. The van der Waals surface area contributed by atoms with Gasteiger partial charge in [-0.15, -0.1) is 0 Å². The standard InChI is InChI=1S/C17H17N3O.C8H11NO/c1-11-10-14(16(18)12(2)17(11)21)15-8-9-20(19-15)13-6-4-3-5-7-13;1-5-3-7(9)4-6(2)8(5)10/h3-10,21H,18H2,1-2H3;3-4,10H,9H2,1-2H3. The average molecular weight is 417 g/mol. The van der Waals surface area contributed by atoms with E-state index in [0.717, 1.165) is 33.6 Å². The van der Waals surface area contributed by atoms with Crippen molar-refractivity contribution < 1.29 is 10.2 Å². The summed E-state index contributed by atoms with van der Waals surface area (Å²) in [6.07, 6.45) is 1.90. The van der Waals surface area contributed by atoms with Gasteiger partial charge in [0.15, 0.2) is 0 Å². The largest absolute Gasteiger partial charge is 0.507 e. The highest BCUT2D eigenvalue weighted by Gasteiger charge is 2.13. The number of phenols is 2. The van der Waals surface area contributed by atoms with Gasteiger partial charge in [-0.3, -0.25) is 0 Å². The number of rotatable bonds is 2. The monoisotopic (exact) mass is 416 g/mol. The predicted molar refractivity (Wildman–Crippen MR) is 127 cm³/mol. The summed E-state index contributed by atoms with van der Waals surface area (Å²) in [4.78, 5) is 0. The molecule has 6 heteroatoms. The number of nitrogens with zero attached hydrogens (tertiary/aromatic N) is 2. The van der Waals surface area contributed by atoms with Gasteiger partial charge in [-0.1, -0.05) is 18.2 Å². The molecule has 31 heavy (non-hydrogen) atoms. The molecule has 0 amide bonds. The Kier molecular flexibility index (Phi) is 6.20. The SMILES string of the molecule is Cc1cc(-c2ccn(-c3ccccc3)n2)c(N)c(C)c1O.Cc1cc(N)cc(C)c1O. The average Bonchev–Trinajstić information content (AvgIpc) is 3.24. The quantitative estimate of drug-likeness (QED) is 0.270. The number of hydrogen-bond acceptors (Lipinski definition) is 5. The molecular formula is C25H28N4O2. The predicted octanol–water partition coefficient (Wildman–Crippen LogP) is 5.04. The first-order valence-corrected chi connectivity index (χ1v) is 9.94. The maximum Gasteiger partial charge on any atom is 0.123 e. The molecule has 1 heterocycles. The van der Waals surface area contributed by atoms with E-state index in [1.807, 2.05) is 81.0 Å². The zero-order valence-corrected chi connectivity index (χ0v) is 18.2. The maximum atomic E-state index is 9.94. The summed E-state index contributed by atoms with van der Waals surface area (Å²) < 4.78 is 1.81. The van der Waals surface area contributed by atoms with Gasteiger partial charge in [0.25, 0.3) is 0 Å². The minimum atomic E-state index is 0.249. The molecule has 3 aromatic carbocycles. The first-order valence-electron chi connectivity index (χ1n) is 9.94. The Bertz CT molecular complexity index is 1190. The number of nitrogens with two attached hydrogens (primary N) is 2. The summed E-state index contributed by atoms with van der Waals surface area (Å²) in [7, 11) is 0. The Morgan fingerprint density at radius 3 is 1.97 bits per heavy atom. The smallest absolute Gasteiger partial charge is 0.123 e. The minimum Gasteiger partial charge on any atom is -0.507 e. The Morgan fingerprint density at radius 1 is 0.774 bits per heavy atom. The molecular weight excluding hydrogens is 388 g/mol. The minimum absolute atomic E-state index is 0.249. The molecule has 6 N–H and O–H groups in total. The first kappa shape index (κ1) is 21.8. The number of benzene rings is 3. The van der Waals surface area contributed by atoms with Crippen LogP contribution in [0.4, 0.5) is 11.4 Å². The van der Waals surface area contributed by atoms with Gasteiger partial charge in [0.05, 0.1) is 11.4 Å². The molecule has 0 saturated carbocycles. The number of aromatic nitrogens is 2. The number of phenolic OH excluding ortho intramolecular Hbond substituents is 2. The van der Waals surface area contributed by atoms with Crippen molar-refractivity contribution in [3.8, 4) is 28.4 Å². The maximum absolute atomic E-state index is 9.94. The summed E-state index contributed by atoms with van der Waals surface area (Å²) in [6.45, 7) is 7.34. The highest BCUT2D eigenvalue weighted by atomic mass is 16.3. The van der Waals surface area contributed by atoms with Crippen LogP contribution in [0.1, 0.15) is 22.3 Å². The number of aromatic hydroxyl groups is 2. The molecule has 160 valence electrons. The number of anilines is 2. The van der Waals surface area contributed by atoms with Gasteiger partial charge in [-0.25, -0.2) is 4.68 Å². The zero-order chi connectivity index (χ0) is 22.7. The van der Waals surface area contributed by atoms with Gasteiger partial charge in [0, 0.05) is 28.7 Å². The second kappa shape index (κ2) is 8.83. The molecule has 0 unspecified atom stereocenters. The van der Waals surface area contributed by atoms with Gasteiger partial charge in [-0.2, -0.15) is 5.10 Å². The van der Waals surface area contributed by atoms with Crippen molar-refractivity contribution in [3.05, 3.63) is 83.0 Å². The fraction of sp³-hybridized carbons (Fsp3) is 0.160. The summed E-state index contributed by atoms with van der Waals surface area (Å²) in [5.41, 5.74) is 18.7. The van der Waals surface area contributed by atoms with Crippen molar-refractivity contribution in [2.24, 2.45) is 0 Å². The molecule has 1 aromatic heterocycles. The molecule has 0 aliphatic carbocycles. The van der Waals surface area contributed by atoms with Crippen LogP contribution in [0.3, 0.4) is 0 Å². The third kappa shape index (κ3) is 4.64. The van der Waals surface area contributed by atoms with E-state index in [-0.39, 0.29) is 5.75 Å². The number of aryl methyl sites for hydroxylation is 3. The van der Waals surface area contributed by atoms with Gasteiger partial charge in [0.1, 0.15) is 11.5 Å². The lowest BCUT2D eigenvalue weighted by Gasteiger charge is -2.11. The molecule has 0 bridgehead atoms. The van der Waals surface area contributed by atoms with Crippen LogP contribution in [-0.2, 0) is 0 Å². The Balaban J connectivity index is 0.000000229. The zero-order valence-electron chi connectivity index (χ0n) is 18.2. The van der Waals surface area contributed by atoms with E-state index in [1.54, 1.807) is 12.1 Å². The van der Waals surface area contributed by atoms with E-state index in [2.05, 4.69) is 5.10 Å². The van der Waals surface area contributed by atoms with E-state index in [1.165, 1.54) is 0 Å². The summed E-state index contributed by atoms with van der Waals surface area (Å²) in [5.74, 6) is 0.591. The van der Waals surface area contributed by atoms with Gasteiger partial charge in [-0.05, 0) is 80.8 Å². The van der Waals surface area contributed by atoms with Crippen molar-refractivity contribution in [1.82, 2.24) is 9.78 Å². The summed E-state index contributed by atoms with van der Waals surface area (Å²) in [6, 6.07) is 17.2. The number of para-hydroxylation sites is 1. The van der Waals surface area contributed by atoms with Crippen LogP contribution >= 0.6 is 0 Å². The molecule has 4 rings (SSSR count). The summed E-state index contributed by atoms with van der Waals surface area (Å²) in [5, 5.41) is 23.8. The van der Waals surface area contributed by atoms with Crippen molar-refractivity contribution in [3.63, 3.8) is 0 Å². The fourth-order valence-corrected chi connectivity index (χ4v) is 3.38.